The average Bonchev–Trinajstić information content (AvgIpc) is 3.13. The van der Waals surface area contributed by atoms with Gasteiger partial charge in [0.2, 0.25) is 0 Å². The smallest absolute Gasteiger partial charge is 0.142 e. The van der Waals surface area contributed by atoms with E-state index in [0.717, 1.165) is 27.3 Å². The van der Waals surface area contributed by atoms with Crippen LogP contribution in [0.15, 0.2) is 30.2 Å². The summed E-state index contributed by atoms with van der Waals surface area (Å²) < 4.78 is 7.63. The van der Waals surface area contributed by atoms with Crippen molar-refractivity contribution in [1.29, 1.82) is 0 Å². The second kappa shape index (κ2) is 5.58. The molecule has 0 fully saturated rings. The Morgan fingerprint density at radius 3 is 2.67 bits per heavy atom. The topological polar surface area (TPSA) is 39.4 Å². The summed E-state index contributed by atoms with van der Waals surface area (Å²) in [7, 11) is 1.73. The van der Waals surface area contributed by atoms with Crippen LogP contribution < -0.4 is 0 Å². The number of fused-ring (bicyclic) bond motifs is 1. The van der Waals surface area contributed by atoms with Crippen molar-refractivity contribution >= 4 is 17.0 Å². The van der Waals surface area contributed by atoms with E-state index < -0.39 is 0 Å². The van der Waals surface area contributed by atoms with E-state index in [1.54, 1.807) is 18.4 Å². The van der Waals surface area contributed by atoms with E-state index in [9.17, 15) is 0 Å². The third kappa shape index (κ3) is 2.59. The van der Waals surface area contributed by atoms with Crippen LogP contribution in [0.3, 0.4) is 0 Å². The van der Waals surface area contributed by atoms with Gasteiger partial charge >= 0.3 is 0 Å². The molecular formula is C16H19N3OS. The average molecular weight is 301 g/mol. The molecule has 0 saturated carbocycles. The van der Waals surface area contributed by atoms with Crippen LogP contribution in [0, 0.1) is 0 Å². The fraction of sp³-hybridized carbons (Fsp3) is 0.375. The number of aromatic nitrogens is 3. The van der Waals surface area contributed by atoms with Crippen LogP contribution >= 0.6 is 11.3 Å². The summed E-state index contributed by atoms with van der Waals surface area (Å²) in [6.07, 6.45) is 6.12. The Bertz CT molecular complexity index is 746. The van der Waals surface area contributed by atoms with Crippen molar-refractivity contribution in [3.05, 3.63) is 41.4 Å². The first kappa shape index (κ1) is 14.2. The molecular weight excluding hydrogens is 282 g/mol. The molecule has 0 unspecified atom stereocenters. The van der Waals surface area contributed by atoms with Crippen LogP contribution in [0.25, 0.3) is 16.1 Å². The Labute approximate surface area is 128 Å². The zero-order valence-corrected chi connectivity index (χ0v) is 13.5. The highest BCUT2D eigenvalue weighted by Gasteiger charge is 2.16. The monoisotopic (exact) mass is 301 g/mol. The van der Waals surface area contributed by atoms with Crippen molar-refractivity contribution in [2.45, 2.75) is 32.8 Å². The van der Waals surface area contributed by atoms with Gasteiger partial charge in [-0.1, -0.05) is 13.8 Å². The van der Waals surface area contributed by atoms with Gasteiger partial charge in [-0.3, -0.25) is 4.98 Å². The van der Waals surface area contributed by atoms with Crippen molar-refractivity contribution in [2.24, 2.45) is 0 Å². The molecule has 3 aromatic rings. The number of ether oxygens (including phenoxy) is 1. The predicted molar refractivity (Wildman–Crippen MR) is 85.8 cm³/mol. The van der Waals surface area contributed by atoms with Crippen LogP contribution in [-0.4, -0.2) is 21.5 Å². The first-order valence-corrected chi connectivity index (χ1v) is 7.92. The molecule has 0 bridgehead atoms. The third-order valence-electron chi connectivity index (χ3n) is 3.70. The Kier molecular flexibility index (Phi) is 3.78. The Hall–Kier alpha value is -1.72. The largest absolute Gasteiger partial charge is 0.377 e. The van der Waals surface area contributed by atoms with Crippen molar-refractivity contribution < 1.29 is 4.74 Å². The molecule has 21 heavy (non-hydrogen) atoms. The minimum atomic E-state index is 0.00258. The Balaban J connectivity index is 2.24. The highest BCUT2D eigenvalue weighted by atomic mass is 32.1. The van der Waals surface area contributed by atoms with E-state index in [2.05, 4.69) is 48.6 Å². The molecule has 0 aliphatic heterocycles. The van der Waals surface area contributed by atoms with Gasteiger partial charge in [0.1, 0.15) is 5.65 Å². The molecule has 0 N–H and O–H groups in total. The van der Waals surface area contributed by atoms with E-state index in [0.29, 0.717) is 5.92 Å². The number of hydrogen-bond acceptors (Lipinski definition) is 4. The minimum Gasteiger partial charge on any atom is -0.377 e. The van der Waals surface area contributed by atoms with Crippen LogP contribution in [0.4, 0.5) is 0 Å². The van der Waals surface area contributed by atoms with Crippen molar-refractivity contribution in [3.8, 4) is 10.4 Å². The molecule has 0 aliphatic carbocycles. The lowest BCUT2D eigenvalue weighted by Gasteiger charge is -2.12. The normalized spacial score (nSPS) is 13.2. The molecule has 0 aromatic carbocycles. The van der Waals surface area contributed by atoms with Crippen molar-refractivity contribution in [1.82, 2.24) is 14.4 Å². The number of hydrogen-bond donors (Lipinski definition) is 0. The molecule has 110 valence electrons. The quantitative estimate of drug-likeness (QED) is 0.721. The maximum atomic E-state index is 5.52. The fourth-order valence-corrected chi connectivity index (χ4v) is 2.95. The van der Waals surface area contributed by atoms with Crippen LogP contribution in [-0.2, 0) is 4.74 Å². The lowest BCUT2D eigenvalue weighted by molar-refractivity contribution is 0.120. The van der Waals surface area contributed by atoms with E-state index in [-0.39, 0.29) is 6.10 Å². The molecule has 1 atom stereocenters. The van der Waals surface area contributed by atoms with Gasteiger partial charge in [0.25, 0.3) is 0 Å². The molecule has 0 spiro atoms. The number of nitrogens with zero attached hydrogens (tertiary/aromatic N) is 3. The van der Waals surface area contributed by atoms with Crippen LogP contribution in [0.1, 0.15) is 44.1 Å². The molecule has 5 heteroatoms. The number of pyridine rings is 1. The van der Waals surface area contributed by atoms with Gasteiger partial charge < -0.3 is 9.14 Å². The van der Waals surface area contributed by atoms with Crippen molar-refractivity contribution in [2.75, 3.05) is 7.11 Å². The van der Waals surface area contributed by atoms with E-state index in [1.165, 1.54) is 0 Å². The molecule has 0 aliphatic rings. The molecule has 3 aromatic heterocycles. The first-order valence-electron chi connectivity index (χ1n) is 7.04. The van der Waals surface area contributed by atoms with Gasteiger partial charge in [0.05, 0.1) is 22.2 Å². The molecule has 0 amide bonds. The maximum Gasteiger partial charge on any atom is 0.142 e. The summed E-state index contributed by atoms with van der Waals surface area (Å²) in [5, 5.41) is 0. The van der Waals surface area contributed by atoms with Gasteiger partial charge in [0, 0.05) is 36.8 Å². The van der Waals surface area contributed by atoms with Gasteiger partial charge in [0.15, 0.2) is 0 Å². The number of methoxy groups -OCH3 is 1. The lowest BCUT2D eigenvalue weighted by atomic mass is 10.1. The third-order valence-corrected chi connectivity index (χ3v) is 4.52. The molecule has 3 rings (SSSR count). The standard InChI is InChI=1S/C16H19N3OS/c1-10(2)14-8-19-7-12(15-6-17-9-21-15)5-13(11(3)20-4)16(19)18-14/h5-11H,1-4H3/t11-/m1/s1. The van der Waals surface area contributed by atoms with E-state index >= 15 is 0 Å². The number of imidazole rings is 1. The number of rotatable bonds is 4. The second-order valence-electron chi connectivity index (χ2n) is 5.48. The lowest BCUT2D eigenvalue weighted by Crippen LogP contribution is -2.00. The summed E-state index contributed by atoms with van der Waals surface area (Å²) in [5.41, 5.74) is 6.18. The van der Waals surface area contributed by atoms with Gasteiger partial charge in [-0.05, 0) is 18.9 Å². The zero-order valence-electron chi connectivity index (χ0n) is 12.7. The Morgan fingerprint density at radius 2 is 2.05 bits per heavy atom. The van der Waals surface area contributed by atoms with E-state index in [1.807, 2.05) is 11.7 Å². The highest BCUT2D eigenvalue weighted by Crippen LogP contribution is 2.30. The Morgan fingerprint density at radius 1 is 1.24 bits per heavy atom. The van der Waals surface area contributed by atoms with Crippen LogP contribution in [0.5, 0.6) is 0 Å². The second-order valence-corrected chi connectivity index (χ2v) is 6.37. The van der Waals surface area contributed by atoms with Gasteiger partial charge in [-0.2, -0.15) is 0 Å². The summed E-state index contributed by atoms with van der Waals surface area (Å²) in [6, 6.07) is 2.16. The summed E-state index contributed by atoms with van der Waals surface area (Å²) in [4.78, 5) is 10.1. The molecule has 3 heterocycles. The zero-order chi connectivity index (χ0) is 15.0. The van der Waals surface area contributed by atoms with Crippen LogP contribution in [0.2, 0.25) is 0 Å². The van der Waals surface area contributed by atoms with Gasteiger partial charge in [-0.25, -0.2) is 4.98 Å². The highest BCUT2D eigenvalue weighted by molar-refractivity contribution is 7.13. The predicted octanol–water partition coefficient (Wildman–Crippen LogP) is 4.29. The van der Waals surface area contributed by atoms with Gasteiger partial charge in [-0.15, -0.1) is 11.3 Å². The first-order chi connectivity index (χ1) is 10.1. The molecule has 0 radical (unpaired) electrons. The molecule has 4 nitrogen and oxygen atoms in total. The SMILES string of the molecule is CO[C@H](C)c1cc(-c2cncs2)cn2cc(C(C)C)nc12. The fourth-order valence-electron chi connectivity index (χ4n) is 2.34. The summed E-state index contributed by atoms with van der Waals surface area (Å²) >= 11 is 1.64. The summed E-state index contributed by atoms with van der Waals surface area (Å²) in [5.74, 6) is 0.405. The van der Waals surface area contributed by atoms with E-state index in [4.69, 9.17) is 9.72 Å². The molecule has 0 saturated heterocycles. The minimum absolute atomic E-state index is 0.00258. The van der Waals surface area contributed by atoms with Crippen molar-refractivity contribution in [3.63, 3.8) is 0 Å². The number of thiazole rings is 1. The maximum absolute atomic E-state index is 5.52. The summed E-state index contributed by atoms with van der Waals surface area (Å²) in [6.45, 7) is 6.37.